The van der Waals surface area contributed by atoms with Crippen LogP contribution in [0.4, 0.5) is 0 Å². The first kappa shape index (κ1) is 40.1. The molecule has 7 aromatic rings. The van der Waals surface area contributed by atoms with Gasteiger partial charge in [-0.1, -0.05) is 54.7 Å². The van der Waals surface area contributed by atoms with Crippen LogP contribution in [0.2, 0.25) is 0 Å². The van der Waals surface area contributed by atoms with Crippen LogP contribution in [0.25, 0.3) is 67.8 Å². The molecule has 15 heteroatoms. The zero-order chi connectivity index (χ0) is 41.8. The van der Waals surface area contributed by atoms with E-state index < -0.39 is 0 Å². The van der Waals surface area contributed by atoms with Crippen LogP contribution in [0.15, 0.2) is 168 Å². The van der Waals surface area contributed by atoms with Gasteiger partial charge >= 0.3 is 0 Å². The van der Waals surface area contributed by atoms with Gasteiger partial charge in [0.05, 0.1) is 0 Å². The lowest BCUT2D eigenvalue weighted by atomic mass is 10.4. The quantitative estimate of drug-likeness (QED) is 0.112. The Hall–Kier alpha value is -8.07. The lowest BCUT2D eigenvalue weighted by molar-refractivity contribution is 0.819. The fourth-order valence-electron chi connectivity index (χ4n) is 6.64. The van der Waals surface area contributed by atoms with Crippen molar-refractivity contribution in [3.63, 3.8) is 0 Å². The summed E-state index contributed by atoms with van der Waals surface area (Å²) < 4.78 is 11.8. The third-order valence-corrected chi connectivity index (χ3v) is 9.26. The maximum absolute atomic E-state index is 5.14. The normalized spacial score (nSPS) is 10.8. The summed E-state index contributed by atoms with van der Waals surface area (Å²) in [6, 6.07) is 23.1. The maximum Gasteiger partial charge on any atom is 0.139 e. The monoisotopic (exact) mass is 795 g/mol. The van der Waals surface area contributed by atoms with Crippen LogP contribution in [0.3, 0.4) is 0 Å². The Bertz CT molecular complexity index is 2410. The molecule has 0 unspecified atom stereocenters. The van der Waals surface area contributed by atoms with Gasteiger partial charge in [0.1, 0.15) is 86.7 Å². The van der Waals surface area contributed by atoms with E-state index in [4.69, 9.17) is 44.9 Å². The highest BCUT2D eigenvalue weighted by molar-refractivity contribution is 5.64. The molecule has 12 bridgehead atoms. The van der Waals surface area contributed by atoms with Gasteiger partial charge in [-0.25, -0.2) is 44.9 Å². The second-order valence-electron chi connectivity index (χ2n) is 13.2. The topological polar surface area (TPSA) is 146 Å². The van der Waals surface area contributed by atoms with Gasteiger partial charge in [0.15, 0.2) is 0 Å². The molecule has 0 aliphatic rings. The summed E-state index contributed by atoms with van der Waals surface area (Å²) in [5.41, 5.74) is 7.40. The summed E-state index contributed by atoms with van der Waals surface area (Å²) in [6.45, 7) is 26.7. The van der Waals surface area contributed by atoms with E-state index in [1.807, 2.05) is 100 Å². The maximum atomic E-state index is 5.14. The standard InChI is InChI=1S/C45H45N15/c1-7-22-55-34-16-13-17-35(52-34)56(23-8-2)42-29-43(49-32-48-42)59(26-11-5)38-20-15-21-39(54-38)60(27-12-6)45-30-44(50-33-51-45)58(25-10-4)37-19-14-18-36(53-37)57(24-9-3)41-28-40(55)46-31-47-41/h7-21,28-33H,1-6,22-27H2. The Morgan fingerprint density at radius 1 is 0.300 bits per heavy atom. The van der Waals surface area contributed by atoms with Crippen LogP contribution in [0.1, 0.15) is 0 Å². The van der Waals surface area contributed by atoms with Crippen LogP contribution in [-0.4, -0.2) is 72.3 Å². The number of hydrogen-bond donors (Lipinski definition) is 0. The van der Waals surface area contributed by atoms with Crippen LogP contribution >= 0.6 is 0 Å². The van der Waals surface area contributed by atoms with Crippen molar-refractivity contribution in [2.75, 3.05) is 0 Å². The molecule has 0 saturated carbocycles. The van der Waals surface area contributed by atoms with Crippen LogP contribution in [0, 0.1) is 0 Å². The number of rotatable bonds is 12. The number of allylic oxidation sites excluding steroid dienone is 6. The van der Waals surface area contributed by atoms with Gasteiger partial charge in [0.25, 0.3) is 0 Å². The molecule has 7 heterocycles. The average molecular weight is 796 g/mol. The van der Waals surface area contributed by atoms with Crippen molar-refractivity contribution < 1.29 is 0 Å². The molecule has 0 atom stereocenters. The fourth-order valence-corrected chi connectivity index (χ4v) is 6.64. The molecule has 7 rings (SSSR count). The van der Waals surface area contributed by atoms with E-state index in [1.165, 1.54) is 19.0 Å². The van der Waals surface area contributed by atoms with Crippen molar-refractivity contribution in [1.82, 2.24) is 72.3 Å². The Balaban J connectivity index is 1.74. The Labute approximate surface area is 346 Å². The molecule has 0 fully saturated rings. The molecule has 0 radical (unpaired) electrons. The first-order valence-corrected chi connectivity index (χ1v) is 19.2. The smallest absolute Gasteiger partial charge is 0.139 e. The predicted molar refractivity (Wildman–Crippen MR) is 240 cm³/mol. The molecular weight excluding hydrogens is 751 g/mol. The largest absolute Gasteiger partial charge is 0.307 e. The second-order valence-corrected chi connectivity index (χ2v) is 13.2. The minimum absolute atomic E-state index is 0.408. The molecule has 7 aromatic heterocycles. The highest BCUT2D eigenvalue weighted by atomic mass is 15.2. The highest BCUT2D eigenvalue weighted by Crippen LogP contribution is 2.16. The van der Waals surface area contributed by atoms with E-state index in [1.54, 1.807) is 36.5 Å². The highest BCUT2D eigenvalue weighted by Gasteiger charge is 2.08. The molecular formula is C45H45N15. The van der Waals surface area contributed by atoms with Crippen LogP contribution < -0.4 is 0 Å². The van der Waals surface area contributed by atoms with Gasteiger partial charge in [-0.15, -0.1) is 39.5 Å². The minimum atomic E-state index is 0.408. The number of hydrogen-bond acceptors (Lipinski definition) is 9. The second kappa shape index (κ2) is 18.9. The molecule has 0 amide bonds. The molecule has 60 heavy (non-hydrogen) atoms. The summed E-state index contributed by atoms with van der Waals surface area (Å²) in [7, 11) is 0. The summed E-state index contributed by atoms with van der Waals surface area (Å²) in [5.74, 6) is 0. The van der Waals surface area contributed by atoms with Crippen molar-refractivity contribution in [3.8, 4) is 0 Å². The van der Waals surface area contributed by atoms with Crippen LogP contribution in [0.5, 0.6) is 0 Å². The fraction of sp³-hybridized carbons (Fsp3) is 0.133. The minimum Gasteiger partial charge on any atom is -0.307 e. The van der Waals surface area contributed by atoms with Gasteiger partial charge in [0.2, 0.25) is 0 Å². The Morgan fingerprint density at radius 3 is 0.650 bits per heavy atom. The molecule has 15 nitrogen and oxygen atoms in total. The molecule has 300 valence electrons. The van der Waals surface area contributed by atoms with E-state index in [9.17, 15) is 0 Å². The predicted octanol–water partition coefficient (Wildman–Crippen LogP) is 8.15. The van der Waals surface area contributed by atoms with Crippen LogP contribution in [-0.2, 0) is 39.3 Å². The summed E-state index contributed by atoms with van der Waals surface area (Å²) in [5, 5.41) is 0. The molecule has 0 aromatic carbocycles. The van der Waals surface area contributed by atoms with Gasteiger partial charge in [-0.3, -0.25) is 0 Å². The van der Waals surface area contributed by atoms with Crippen molar-refractivity contribution in [2.24, 2.45) is 0 Å². The molecule has 0 aliphatic heterocycles. The number of nitrogens with zero attached hydrogens (tertiary/aromatic N) is 15. The first-order valence-electron chi connectivity index (χ1n) is 19.2. The van der Waals surface area contributed by atoms with E-state index in [0.29, 0.717) is 107 Å². The zero-order valence-electron chi connectivity index (χ0n) is 33.3. The van der Waals surface area contributed by atoms with Crippen molar-refractivity contribution in [1.29, 1.82) is 0 Å². The third-order valence-electron chi connectivity index (χ3n) is 9.26. The summed E-state index contributed by atoms with van der Waals surface area (Å²) in [4.78, 5) is 43.6. The van der Waals surface area contributed by atoms with E-state index in [0.717, 1.165) is 0 Å². The third kappa shape index (κ3) is 8.60. The Morgan fingerprint density at radius 2 is 0.483 bits per heavy atom. The van der Waals surface area contributed by atoms with Crippen molar-refractivity contribution in [3.05, 3.63) is 168 Å². The van der Waals surface area contributed by atoms with Gasteiger partial charge < -0.3 is 27.4 Å². The zero-order valence-corrected chi connectivity index (χ0v) is 33.3. The molecule has 0 spiro atoms. The molecule has 0 aliphatic carbocycles. The van der Waals surface area contributed by atoms with Gasteiger partial charge in [-0.2, -0.15) is 0 Å². The van der Waals surface area contributed by atoms with E-state index in [2.05, 4.69) is 39.5 Å². The lowest BCUT2D eigenvalue weighted by Gasteiger charge is -2.12. The number of aromatic nitrogens is 15. The first-order chi connectivity index (χ1) is 29.5. The lowest BCUT2D eigenvalue weighted by Crippen LogP contribution is -2.08. The summed E-state index contributed by atoms with van der Waals surface area (Å²) >= 11 is 0. The van der Waals surface area contributed by atoms with Crippen molar-refractivity contribution >= 4 is 67.8 Å². The van der Waals surface area contributed by atoms with Gasteiger partial charge in [-0.05, 0) is 36.4 Å². The summed E-state index contributed by atoms with van der Waals surface area (Å²) in [6.07, 6.45) is 15.4. The number of pyridine rings is 3. The average Bonchev–Trinajstić information content (AvgIpc) is 3.29. The van der Waals surface area contributed by atoms with E-state index in [-0.39, 0.29) is 0 Å². The van der Waals surface area contributed by atoms with Gasteiger partial charge in [0, 0.05) is 57.5 Å². The SMILES string of the molecule is C=CCn1c2cc(ncn2)n(CC=C)c2cccc(n2)n(CC=C)c2cc(ncn2)n(CC=C)c2cccc(n2)n(CC=C)c2cc(ncn2)n(CC=C)c2cccc1n2. The molecule has 0 saturated heterocycles. The number of fused-ring (bicyclic) bond motifs is 12. The van der Waals surface area contributed by atoms with E-state index >= 15 is 0 Å². The van der Waals surface area contributed by atoms with Crippen molar-refractivity contribution in [2.45, 2.75) is 39.3 Å². The molecule has 0 N–H and O–H groups in total. The Kier molecular flexibility index (Phi) is 12.7.